The summed E-state index contributed by atoms with van der Waals surface area (Å²) in [5.41, 5.74) is 13.0. The second-order valence-corrected chi connectivity index (χ2v) is 4.37. The number of benzene rings is 1. The Labute approximate surface area is 112 Å². The van der Waals surface area contributed by atoms with Gasteiger partial charge in [0.05, 0.1) is 6.54 Å². The molecule has 104 valence electrons. The fourth-order valence-electron chi connectivity index (χ4n) is 1.48. The Balaban J connectivity index is 2.27. The van der Waals surface area contributed by atoms with Gasteiger partial charge in [0.1, 0.15) is 6.61 Å². The summed E-state index contributed by atoms with van der Waals surface area (Å²) in [5, 5.41) is 2.22. The van der Waals surface area contributed by atoms with E-state index in [0.29, 0.717) is 6.42 Å². The lowest BCUT2D eigenvalue weighted by molar-refractivity contribution is -0.117. The van der Waals surface area contributed by atoms with Crippen LogP contribution in [0.3, 0.4) is 0 Å². The van der Waals surface area contributed by atoms with Crippen molar-refractivity contribution in [2.24, 2.45) is 11.5 Å². The lowest BCUT2D eigenvalue weighted by Crippen LogP contribution is -2.37. The van der Waals surface area contributed by atoms with Crippen molar-refractivity contribution in [3.05, 3.63) is 35.4 Å². The van der Waals surface area contributed by atoms with E-state index < -0.39 is 12.0 Å². The highest BCUT2D eigenvalue weighted by atomic mass is 16.5. The van der Waals surface area contributed by atoms with Gasteiger partial charge in [-0.05, 0) is 18.9 Å². The van der Waals surface area contributed by atoms with Crippen LogP contribution in [0, 0.1) is 6.92 Å². The molecule has 0 unspecified atom stereocenters. The quantitative estimate of drug-likeness (QED) is 0.676. The van der Waals surface area contributed by atoms with E-state index in [2.05, 4.69) is 5.32 Å². The average molecular weight is 265 g/mol. The standard InChI is InChI=1S/C13H19N3O3/c1-9-2-4-10(5-3-9)6-11(14)8-19-13(18)16-7-12(15)17/h2-5,11H,6-8,14H2,1H3,(H2,15,17)(H,16,18)/t11-/m1/s1. The molecule has 5 N–H and O–H groups in total. The maximum Gasteiger partial charge on any atom is 0.407 e. The van der Waals surface area contributed by atoms with Gasteiger partial charge in [-0.25, -0.2) is 4.79 Å². The molecule has 1 aromatic rings. The first-order valence-electron chi connectivity index (χ1n) is 5.97. The molecule has 2 amide bonds. The van der Waals surface area contributed by atoms with Gasteiger partial charge in [-0.15, -0.1) is 0 Å². The van der Waals surface area contributed by atoms with Gasteiger partial charge in [-0.1, -0.05) is 29.8 Å². The van der Waals surface area contributed by atoms with Crippen LogP contribution in [0.5, 0.6) is 0 Å². The average Bonchev–Trinajstić information content (AvgIpc) is 2.36. The summed E-state index contributed by atoms with van der Waals surface area (Å²) in [6.07, 6.45) is -0.0817. The van der Waals surface area contributed by atoms with Crippen LogP contribution in [-0.2, 0) is 16.0 Å². The first-order chi connectivity index (χ1) is 8.97. The minimum atomic E-state index is -0.696. The molecule has 1 aromatic carbocycles. The van der Waals surface area contributed by atoms with Crippen LogP contribution in [0.2, 0.25) is 0 Å². The van der Waals surface area contributed by atoms with Crippen molar-refractivity contribution in [1.29, 1.82) is 0 Å². The minimum Gasteiger partial charge on any atom is -0.448 e. The summed E-state index contributed by atoms with van der Waals surface area (Å²) in [6.45, 7) is 1.85. The van der Waals surface area contributed by atoms with Crippen molar-refractivity contribution in [1.82, 2.24) is 5.32 Å². The Bertz CT molecular complexity index is 431. The monoisotopic (exact) mass is 265 g/mol. The van der Waals surface area contributed by atoms with E-state index in [-0.39, 0.29) is 19.2 Å². The van der Waals surface area contributed by atoms with E-state index in [1.165, 1.54) is 5.56 Å². The third kappa shape index (κ3) is 6.42. The van der Waals surface area contributed by atoms with Gasteiger partial charge in [-0.2, -0.15) is 0 Å². The third-order valence-corrected chi connectivity index (χ3v) is 2.45. The number of hydrogen-bond donors (Lipinski definition) is 3. The molecule has 1 atom stereocenters. The van der Waals surface area contributed by atoms with E-state index in [9.17, 15) is 9.59 Å². The van der Waals surface area contributed by atoms with Crippen LogP contribution in [0.4, 0.5) is 4.79 Å². The fourth-order valence-corrected chi connectivity index (χ4v) is 1.48. The number of rotatable bonds is 6. The Hall–Kier alpha value is -2.08. The molecule has 0 aliphatic carbocycles. The molecule has 0 radical (unpaired) electrons. The molecule has 19 heavy (non-hydrogen) atoms. The third-order valence-electron chi connectivity index (χ3n) is 2.45. The molecule has 1 rings (SSSR count). The van der Waals surface area contributed by atoms with E-state index in [1.54, 1.807) is 0 Å². The summed E-state index contributed by atoms with van der Waals surface area (Å²) in [4.78, 5) is 21.6. The lowest BCUT2D eigenvalue weighted by atomic mass is 10.1. The van der Waals surface area contributed by atoms with Crippen molar-refractivity contribution < 1.29 is 14.3 Å². The van der Waals surface area contributed by atoms with E-state index >= 15 is 0 Å². The molecular formula is C13H19N3O3. The number of alkyl carbamates (subject to hydrolysis) is 1. The number of primary amides is 1. The van der Waals surface area contributed by atoms with Crippen LogP contribution in [-0.4, -0.2) is 31.2 Å². The summed E-state index contributed by atoms with van der Waals surface area (Å²) in [5.74, 6) is -0.624. The second-order valence-electron chi connectivity index (χ2n) is 4.37. The Kier molecular flexibility index (Phi) is 5.81. The number of nitrogens with two attached hydrogens (primary N) is 2. The van der Waals surface area contributed by atoms with E-state index in [1.807, 2.05) is 31.2 Å². The van der Waals surface area contributed by atoms with Crippen molar-refractivity contribution in [3.63, 3.8) is 0 Å². The number of carbonyl (C=O) groups is 2. The predicted molar refractivity (Wildman–Crippen MR) is 71.4 cm³/mol. The number of carbonyl (C=O) groups excluding carboxylic acids is 2. The zero-order chi connectivity index (χ0) is 14.3. The second kappa shape index (κ2) is 7.38. The number of aryl methyl sites for hydroxylation is 1. The molecule has 6 nitrogen and oxygen atoms in total. The summed E-state index contributed by atoms with van der Waals surface area (Å²) in [7, 11) is 0. The normalized spacial score (nSPS) is 11.7. The van der Waals surface area contributed by atoms with Gasteiger partial charge in [0.25, 0.3) is 0 Å². The van der Waals surface area contributed by atoms with Gasteiger partial charge in [0, 0.05) is 6.04 Å². The molecule has 0 aliphatic heterocycles. The van der Waals surface area contributed by atoms with Gasteiger partial charge in [0.2, 0.25) is 5.91 Å². The highest BCUT2D eigenvalue weighted by Gasteiger charge is 2.08. The van der Waals surface area contributed by atoms with Crippen molar-refractivity contribution in [3.8, 4) is 0 Å². The number of nitrogens with one attached hydrogen (secondary N) is 1. The molecule has 6 heteroatoms. The summed E-state index contributed by atoms with van der Waals surface area (Å²) >= 11 is 0. The molecule has 0 spiro atoms. The first-order valence-corrected chi connectivity index (χ1v) is 5.97. The zero-order valence-corrected chi connectivity index (χ0v) is 10.9. The molecule has 0 saturated heterocycles. The first kappa shape index (κ1) is 15.0. The van der Waals surface area contributed by atoms with Gasteiger partial charge in [0.15, 0.2) is 0 Å². The summed E-state index contributed by atoms with van der Waals surface area (Å²) < 4.78 is 4.87. The zero-order valence-electron chi connectivity index (χ0n) is 10.9. The van der Waals surface area contributed by atoms with Crippen molar-refractivity contribution >= 4 is 12.0 Å². The van der Waals surface area contributed by atoms with Crippen LogP contribution in [0.25, 0.3) is 0 Å². The van der Waals surface area contributed by atoms with Crippen molar-refractivity contribution in [2.45, 2.75) is 19.4 Å². The minimum absolute atomic E-state index is 0.0818. The molecule has 0 aromatic heterocycles. The molecule has 0 bridgehead atoms. The molecular weight excluding hydrogens is 246 g/mol. The van der Waals surface area contributed by atoms with Crippen molar-refractivity contribution in [2.75, 3.05) is 13.2 Å². The van der Waals surface area contributed by atoms with Gasteiger partial charge >= 0.3 is 6.09 Å². The maximum absolute atomic E-state index is 11.2. The smallest absolute Gasteiger partial charge is 0.407 e. The number of hydrogen-bond acceptors (Lipinski definition) is 4. The highest BCUT2D eigenvalue weighted by Crippen LogP contribution is 2.05. The Morgan fingerprint density at radius 3 is 2.53 bits per heavy atom. The fraction of sp³-hybridized carbons (Fsp3) is 0.385. The summed E-state index contributed by atoms with van der Waals surface area (Å²) in [6, 6.07) is 7.69. The van der Waals surface area contributed by atoms with Crippen LogP contribution >= 0.6 is 0 Å². The molecule has 0 fully saturated rings. The van der Waals surface area contributed by atoms with Crippen LogP contribution in [0.1, 0.15) is 11.1 Å². The lowest BCUT2D eigenvalue weighted by Gasteiger charge is -2.12. The largest absolute Gasteiger partial charge is 0.448 e. The Morgan fingerprint density at radius 1 is 1.32 bits per heavy atom. The highest BCUT2D eigenvalue weighted by molar-refractivity contribution is 5.80. The van der Waals surface area contributed by atoms with Gasteiger partial charge < -0.3 is 21.5 Å². The maximum atomic E-state index is 11.2. The van der Waals surface area contributed by atoms with Crippen LogP contribution < -0.4 is 16.8 Å². The van der Waals surface area contributed by atoms with Crippen LogP contribution in [0.15, 0.2) is 24.3 Å². The van der Waals surface area contributed by atoms with Gasteiger partial charge in [-0.3, -0.25) is 4.79 Å². The number of ether oxygens (including phenoxy) is 1. The topological polar surface area (TPSA) is 107 Å². The Morgan fingerprint density at radius 2 is 1.95 bits per heavy atom. The van der Waals surface area contributed by atoms with E-state index in [0.717, 1.165) is 5.56 Å². The SMILES string of the molecule is Cc1ccc(C[C@@H](N)COC(=O)NCC(N)=O)cc1. The molecule has 0 aliphatic rings. The molecule has 0 heterocycles. The number of amides is 2. The predicted octanol–water partition coefficient (Wildman–Crippen LogP) is 0.0763. The molecule has 0 saturated carbocycles. The van der Waals surface area contributed by atoms with E-state index in [4.69, 9.17) is 16.2 Å².